The van der Waals surface area contributed by atoms with Crippen LogP contribution in [0.2, 0.25) is 0 Å². The van der Waals surface area contributed by atoms with Crippen LogP contribution in [0.3, 0.4) is 0 Å². The Kier molecular flexibility index (Phi) is 5.53. The Labute approximate surface area is 191 Å². The molecule has 1 aliphatic rings. The zero-order valence-electron chi connectivity index (χ0n) is 18.1. The molecule has 5 rings (SSSR count). The number of rotatable bonds is 5. The molecule has 0 unspecified atom stereocenters. The van der Waals surface area contributed by atoms with E-state index in [1.807, 2.05) is 30.3 Å². The van der Waals surface area contributed by atoms with Crippen molar-refractivity contribution in [1.82, 2.24) is 4.98 Å². The number of amides is 1. The van der Waals surface area contributed by atoms with Gasteiger partial charge in [0.2, 0.25) is 0 Å². The van der Waals surface area contributed by atoms with Gasteiger partial charge in [-0.05, 0) is 41.3 Å². The molecular weight excluding hydrogens is 420 g/mol. The highest BCUT2D eigenvalue weighted by molar-refractivity contribution is 7.22. The number of carbonyl (C=O) groups is 1. The maximum absolute atomic E-state index is 13.7. The van der Waals surface area contributed by atoms with Crippen molar-refractivity contribution < 1.29 is 14.3 Å². The minimum absolute atomic E-state index is 0.115. The van der Waals surface area contributed by atoms with Gasteiger partial charge in [0.15, 0.2) is 16.6 Å². The van der Waals surface area contributed by atoms with E-state index in [0.29, 0.717) is 47.9 Å². The summed E-state index contributed by atoms with van der Waals surface area (Å²) in [5, 5.41) is 0.692. The summed E-state index contributed by atoms with van der Waals surface area (Å²) in [6.07, 6.45) is 0. The number of fused-ring (bicyclic) bond motifs is 2. The molecule has 0 atom stereocenters. The summed E-state index contributed by atoms with van der Waals surface area (Å²) in [6.45, 7) is 5.76. The number of aromatic nitrogens is 1. The topological polar surface area (TPSA) is 51.7 Å². The van der Waals surface area contributed by atoms with Crippen molar-refractivity contribution in [3.8, 4) is 11.5 Å². The molecule has 162 valence electrons. The van der Waals surface area contributed by atoms with Crippen LogP contribution < -0.4 is 14.4 Å². The van der Waals surface area contributed by atoms with E-state index in [2.05, 4.69) is 32.0 Å². The predicted molar refractivity (Wildman–Crippen MR) is 128 cm³/mol. The third kappa shape index (κ3) is 3.94. The van der Waals surface area contributed by atoms with Crippen molar-refractivity contribution in [2.45, 2.75) is 26.3 Å². The lowest BCUT2D eigenvalue weighted by molar-refractivity contribution is 0.0984. The molecule has 32 heavy (non-hydrogen) atoms. The van der Waals surface area contributed by atoms with Crippen LogP contribution in [0.4, 0.5) is 5.13 Å². The molecule has 0 fully saturated rings. The molecule has 0 bridgehead atoms. The lowest BCUT2D eigenvalue weighted by Crippen LogP contribution is -2.30. The first kappa shape index (κ1) is 20.5. The lowest BCUT2D eigenvalue weighted by Gasteiger charge is -2.22. The fraction of sp³-hybridized carbons (Fsp3) is 0.231. The molecule has 1 amide bonds. The van der Waals surface area contributed by atoms with Gasteiger partial charge in [0.1, 0.15) is 13.2 Å². The van der Waals surface area contributed by atoms with Gasteiger partial charge in [0.05, 0.1) is 16.8 Å². The largest absolute Gasteiger partial charge is 0.486 e. The van der Waals surface area contributed by atoms with Crippen LogP contribution in [0.15, 0.2) is 66.7 Å². The van der Waals surface area contributed by atoms with Crippen LogP contribution in [0.25, 0.3) is 10.2 Å². The second-order valence-corrected chi connectivity index (χ2v) is 9.09. The summed E-state index contributed by atoms with van der Waals surface area (Å²) >= 11 is 1.55. The highest BCUT2D eigenvalue weighted by atomic mass is 32.1. The zero-order valence-corrected chi connectivity index (χ0v) is 18.9. The molecule has 5 nitrogen and oxygen atoms in total. The number of para-hydroxylation sites is 1. The third-order valence-electron chi connectivity index (χ3n) is 5.51. The molecule has 1 aliphatic heterocycles. The maximum atomic E-state index is 13.7. The zero-order chi connectivity index (χ0) is 22.1. The molecule has 0 N–H and O–H groups in total. The van der Waals surface area contributed by atoms with Crippen LogP contribution in [0.5, 0.6) is 11.5 Å². The Morgan fingerprint density at radius 2 is 1.78 bits per heavy atom. The second-order valence-electron chi connectivity index (χ2n) is 8.08. The Balaban J connectivity index is 1.57. The Morgan fingerprint density at radius 1 is 1.00 bits per heavy atom. The van der Waals surface area contributed by atoms with Gasteiger partial charge in [-0.15, -0.1) is 0 Å². The van der Waals surface area contributed by atoms with Crippen molar-refractivity contribution in [1.29, 1.82) is 0 Å². The molecule has 0 spiro atoms. The SMILES string of the molecule is CC(C)c1cccc2sc(N(Cc3ccccc3)C(=O)c3ccc4c(c3)OCCO4)nc12. The van der Waals surface area contributed by atoms with Crippen LogP contribution in [0.1, 0.15) is 41.3 Å². The van der Waals surface area contributed by atoms with Gasteiger partial charge in [0, 0.05) is 5.56 Å². The molecular formula is C26H24N2O3S. The van der Waals surface area contributed by atoms with Gasteiger partial charge in [0.25, 0.3) is 5.91 Å². The number of hydrogen-bond donors (Lipinski definition) is 0. The average Bonchev–Trinajstić information content (AvgIpc) is 3.26. The second kappa shape index (κ2) is 8.63. The Bertz CT molecular complexity index is 1270. The van der Waals surface area contributed by atoms with Gasteiger partial charge < -0.3 is 9.47 Å². The molecule has 0 aliphatic carbocycles. The number of thiazole rings is 1. The maximum Gasteiger partial charge on any atom is 0.260 e. The van der Waals surface area contributed by atoms with Crippen molar-refractivity contribution in [3.63, 3.8) is 0 Å². The van der Waals surface area contributed by atoms with E-state index < -0.39 is 0 Å². The minimum atomic E-state index is -0.115. The van der Waals surface area contributed by atoms with Crippen LogP contribution in [-0.2, 0) is 6.54 Å². The Morgan fingerprint density at radius 3 is 2.56 bits per heavy atom. The first-order chi connectivity index (χ1) is 15.6. The van der Waals surface area contributed by atoms with E-state index >= 15 is 0 Å². The smallest absolute Gasteiger partial charge is 0.260 e. The molecule has 4 aromatic rings. The summed E-state index contributed by atoms with van der Waals surface area (Å²) in [5.41, 5.74) is 3.75. The van der Waals surface area contributed by atoms with E-state index in [9.17, 15) is 4.79 Å². The van der Waals surface area contributed by atoms with Gasteiger partial charge >= 0.3 is 0 Å². The number of carbonyl (C=O) groups excluding carboxylic acids is 1. The first-order valence-electron chi connectivity index (χ1n) is 10.7. The van der Waals surface area contributed by atoms with Crippen LogP contribution in [-0.4, -0.2) is 24.1 Å². The number of ether oxygens (including phenoxy) is 2. The number of nitrogens with zero attached hydrogens (tertiary/aromatic N) is 2. The number of benzene rings is 3. The van der Waals surface area contributed by atoms with E-state index in [1.165, 1.54) is 5.56 Å². The average molecular weight is 445 g/mol. The molecule has 2 heterocycles. The Hall–Kier alpha value is -3.38. The summed E-state index contributed by atoms with van der Waals surface area (Å²) in [6, 6.07) is 21.6. The molecule has 6 heteroatoms. The van der Waals surface area contributed by atoms with Crippen molar-refractivity contribution in [3.05, 3.63) is 83.4 Å². The van der Waals surface area contributed by atoms with Crippen LogP contribution >= 0.6 is 11.3 Å². The fourth-order valence-corrected chi connectivity index (χ4v) is 4.86. The predicted octanol–water partition coefficient (Wildman–Crippen LogP) is 6.04. The molecule has 3 aromatic carbocycles. The van der Waals surface area contributed by atoms with Gasteiger partial charge in [-0.3, -0.25) is 9.69 Å². The molecule has 0 radical (unpaired) electrons. The van der Waals surface area contributed by atoms with Crippen LogP contribution in [0, 0.1) is 0 Å². The van der Waals surface area contributed by atoms with Crippen molar-refractivity contribution >= 4 is 32.6 Å². The highest BCUT2D eigenvalue weighted by Crippen LogP contribution is 2.36. The van der Waals surface area contributed by atoms with Gasteiger partial charge in [-0.2, -0.15) is 0 Å². The standard InChI is InChI=1S/C26H24N2O3S/c1-17(2)20-9-6-10-23-24(20)27-26(32-23)28(16-18-7-4-3-5-8-18)25(29)19-11-12-21-22(15-19)31-14-13-30-21/h3-12,15,17H,13-14,16H2,1-2H3. The third-order valence-corrected chi connectivity index (χ3v) is 6.55. The normalized spacial score (nSPS) is 12.8. The fourth-order valence-electron chi connectivity index (χ4n) is 3.86. The lowest BCUT2D eigenvalue weighted by atomic mass is 10.0. The summed E-state index contributed by atoms with van der Waals surface area (Å²) < 4.78 is 12.4. The molecule has 0 saturated carbocycles. The van der Waals surface area contributed by atoms with Crippen molar-refractivity contribution in [2.24, 2.45) is 0 Å². The number of anilines is 1. The summed E-state index contributed by atoms with van der Waals surface area (Å²) in [7, 11) is 0. The van der Waals surface area contributed by atoms with Gasteiger partial charge in [-0.25, -0.2) is 4.98 Å². The molecule has 0 saturated heterocycles. The van der Waals surface area contributed by atoms with E-state index in [0.717, 1.165) is 15.8 Å². The summed E-state index contributed by atoms with van der Waals surface area (Å²) in [4.78, 5) is 20.4. The quantitative estimate of drug-likeness (QED) is 0.377. The monoisotopic (exact) mass is 444 g/mol. The van der Waals surface area contributed by atoms with E-state index in [4.69, 9.17) is 14.5 Å². The first-order valence-corrected chi connectivity index (χ1v) is 11.6. The van der Waals surface area contributed by atoms with E-state index in [1.54, 1.807) is 34.4 Å². The van der Waals surface area contributed by atoms with Crippen molar-refractivity contribution in [2.75, 3.05) is 18.1 Å². The number of hydrogen-bond acceptors (Lipinski definition) is 5. The summed E-state index contributed by atoms with van der Waals surface area (Å²) in [5.74, 6) is 1.51. The molecule has 1 aromatic heterocycles. The van der Waals surface area contributed by atoms with Gasteiger partial charge in [-0.1, -0.05) is 67.6 Å². The highest BCUT2D eigenvalue weighted by Gasteiger charge is 2.24. The minimum Gasteiger partial charge on any atom is -0.486 e. The van der Waals surface area contributed by atoms with E-state index in [-0.39, 0.29) is 5.91 Å².